The first-order valence-electron chi connectivity index (χ1n) is 31.6. The van der Waals surface area contributed by atoms with Gasteiger partial charge in [0.05, 0.1) is 12.1 Å². The molecule has 496 valence electrons. The Kier molecular flexibility index (Phi) is 32.4. The molecule has 21 nitrogen and oxygen atoms in total. The van der Waals surface area contributed by atoms with Crippen molar-refractivity contribution in [1.82, 2.24) is 39.6 Å². The summed E-state index contributed by atoms with van der Waals surface area (Å²) in [6, 6.07) is -8.29. The quantitative estimate of drug-likeness (QED) is 0.0802. The predicted octanol–water partition coefficient (Wildman–Crippen LogP) is 7.86. The monoisotopic (exact) mass is 1230 g/mol. The van der Waals surface area contributed by atoms with Gasteiger partial charge in [0.25, 0.3) is 5.91 Å². The van der Waals surface area contributed by atoms with E-state index in [-0.39, 0.29) is 93.2 Å². The number of hydrogen-bond acceptors (Lipinski definition) is 13. The second-order valence-corrected chi connectivity index (χ2v) is 27.3. The molecule has 0 bridgehead atoms. The van der Waals surface area contributed by atoms with Crippen LogP contribution in [-0.4, -0.2) is 201 Å². The Bertz CT molecular complexity index is 2450. The Hall–Kier alpha value is -6.15. The number of allylic oxidation sites excluding steroid dienone is 2. The standard InChI is InChI=1S/C66H114N8O13/c1-25-27-28-43(15)33-50-58(78)67-47(26-2)61(81)74(24)57(66(86)87)65(85)69(19)49(30-38(5)6)55(77)36-46(41(11)12)60(80)68(18)48(29-37(3)4)54(76)34-44(16)53(75)35-45(17)59(79)71(21)51(31-39(7)8)62(82)72(22)52(32-40(9)10)63(83)73(23)56(42(13)14)64(84)70(50)20/h25,27,37-52,56,86-87H,26,28-36H2,1-24H3,(H,67,78)/b27-25+/t43-,44-,45+,46+,47+,48+,49+,50?,51+,52+,56+/m1/s1. The second-order valence-electron chi connectivity index (χ2n) is 27.3. The first kappa shape index (κ1) is 78.9. The number of Topliss-reactive ketones (excluding diaryl/α,β-unsaturated/α-hetero) is 3. The van der Waals surface area contributed by atoms with Crippen LogP contribution in [0.5, 0.6) is 0 Å². The molecule has 1 aliphatic rings. The Labute approximate surface area is 521 Å². The number of ketones is 3. The topological polar surface area (TPSA) is 263 Å². The third-order valence-corrected chi connectivity index (χ3v) is 17.1. The van der Waals surface area contributed by atoms with Gasteiger partial charge in [-0.2, -0.15) is 0 Å². The summed E-state index contributed by atoms with van der Waals surface area (Å²) in [7, 11) is 9.81. The summed E-state index contributed by atoms with van der Waals surface area (Å²) in [4.78, 5) is 170. The van der Waals surface area contributed by atoms with E-state index in [0.717, 1.165) is 11.9 Å². The predicted molar refractivity (Wildman–Crippen MR) is 338 cm³/mol. The molecule has 1 rings (SSSR count). The van der Waals surface area contributed by atoms with E-state index in [1.807, 2.05) is 81.4 Å². The lowest BCUT2D eigenvalue weighted by atomic mass is 9.84. The molecule has 11 atom stereocenters. The number of likely N-dealkylation sites (N-methyl/N-ethyl adjacent to an activating group) is 7. The van der Waals surface area contributed by atoms with Crippen LogP contribution in [0, 0.1) is 59.2 Å². The molecule has 0 spiro atoms. The lowest BCUT2D eigenvalue weighted by molar-refractivity contribution is -0.156. The van der Waals surface area contributed by atoms with Crippen LogP contribution in [0.3, 0.4) is 0 Å². The highest BCUT2D eigenvalue weighted by Crippen LogP contribution is 2.29. The van der Waals surface area contributed by atoms with E-state index >= 15 is 14.4 Å². The van der Waals surface area contributed by atoms with E-state index in [9.17, 15) is 48.6 Å². The number of rotatable bonds is 15. The minimum absolute atomic E-state index is 0.0650. The van der Waals surface area contributed by atoms with E-state index in [2.05, 4.69) is 5.32 Å². The maximum atomic E-state index is 15.2. The highest BCUT2D eigenvalue weighted by Gasteiger charge is 2.45. The summed E-state index contributed by atoms with van der Waals surface area (Å²) in [5.41, 5.74) is -0.903. The van der Waals surface area contributed by atoms with Crippen LogP contribution in [0.2, 0.25) is 0 Å². The average molecular weight is 1230 g/mol. The zero-order valence-electron chi connectivity index (χ0n) is 57.6. The molecule has 0 aromatic heterocycles. The number of aliphatic hydroxyl groups excluding tert-OH is 1. The summed E-state index contributed by atoms with van der Waals surface area (Å²) < 4.78 is 0. The first-order chi connectivity index (χ1) is 40.1. The number of hydrogen-bond donors (Lipinski definition) is 3. The van der Waals surface area contributed by atoms with Crippen LogP contribution >= 0.6 is 0 Å². The molecule has 0 aliphatic carbocycles. The van der Waals surface area contributed by atoms with Gasteiger partial charge in [0.2, 0.25) is 41.4 Å². The Morgan fingerprint density at radius 1 is 0.483 bits per heavy atom. The van der Waals surface area contributed by atoms with Crippen LogP contribution in [-0.2, 0) is 52.7 Å². The van der Waals surface area contributed by atoms with E-state index < -0.39 is 142 Å². The SMILES string of the molecule is C/C=C/C[C@@H](C)CC1C(=O)N[C@@H](CC)C(=O)N(C)C(=C(O)O)C(=O)N(C)[C@@H](CC(C)C)C(=O)C[C@@H](C(C)C)C(=O)N(C)[C@@H](CC(C)C)C(=O)C[C@@H](C)C(=O)C[C@H](C)C(=O)N(C)[C@@H](CC(C)C)C(=O)N(C)[C@@H](CC(C)C)C(=O)N(C)[C@@H](C(C)C)C(=O)N1C. The van der Waals surface area contributed by atoms with Gasteiger partial charge < -0.3 is 49.8 Å². The largest absolute Gasteiger partial charge is 0.479 e. The average Bonchev–Trinajstić information content (AvgIpc) is 1.19. The smallest absolute Gasteiger partial charge is 0.305 e. The Morgan fingerprint density at radius 2 is 0.897 bits per heavy atom. The van der Waals surface area contributed by atoms with Gasteiger partial charge in [-0.25, -0.2) is 0 Å². The summed E-state index contributed by atoms with van der Waals surface area (Å²) >= 11 is 0. The van der Waals surface area contributed by atoms with Crippen molar-refractivity contribution in [2.75, 3.05) is 49.3 Å². The summed E-state index contributed by atoms with van der Waals surface area (Å²) in [6.45, 7) is 30.6. The molecule has 8 amide bonds. The minimum atomic E-state index is -1.54. The minimum Gasteiger partial charge on any atom is -0.479 e. The van der Waals surface area contributed by atoms with E-state index in [0.29, 0.717) is 11.3 Å². The van der Waals surface area contributed by atoms with Gasteiger partial charge in [0, 0.05) is 86.3 Å². The van der Waals surface area contributed by atoms with Crippen molar-refractivity contribution in [3.63, 3.8) is 0 Å². The fraction of sp³-hybridized carbons (Fsp3) is 0.773. The molecule has 1 unspecified atom stereocenters. The first-order valence-corrected chi connectivity index (χ1v) is 31.6. The third-order valence-electron chi connectivity index (χ3n) is 17.1. The highest BCUT2D eigenvalue weighted by molar-refractivity contribution is 6.03. The van der Waals surface area contributed by atoms with Crippen molar-refractivity contribution in [1.29, 1.82) is 0 Å². The fourth-order valence-electron chi connectivity index (χ4n) is 11.6. The number of nitrogens with one attached hydrogen (secondary N) is 1. The zero-order valence-corrected chi connectivity index (χ0v) is 57.6. The zero-order chi connectivity index (χ0) is 67.6. The molecule has 87 heavy (non-hydrogen) atoms. The molecule has 1 heterocycles. The van der Waals surface area contributed by atoms with Gasteiger partial charge in [-0.15, -0.1) is 0 Å². The number of nitrogens with zero attached hydrogens (tertiary/aromatic N) is 7. The molecule has 21 heteroatoms. The molecule has 1 fully saturated rings. The van der Waals surface area contributed by atoms with Crippen molar-refractivity contribution < 1.29 is 63.0 Å². The van der Waals surface area contributed by atoms with Gasteiger partial charge in [-0.05, 0) is 93.3 Å². The lowest BCUT2D eigenvalue weighted by Crippen LogP contribution is -2.61. The van der Waals surface area contributed by atoms with Gasteiger partial charge >= 0.3 is 5.95 Å². The molecule has 0 aromatic rings. The lowest BCUT2D eigenvalue weighted by Gasteiger charge is -2.41. The van der Waals surface area contributed by atoms with Crippen LogP contribution < -0.4 is 5.32 Å². The fourth-order valence-corrected chi connectivity index (χ4v) is 11.6. The number of amides is 8. The number of aliphatic hydroxyl groups is 2. The van der Waals surface area contributed by atoms with Crippen molar-refractivity contribution in [3.05, 3.63) is 23.8 Å². The van der Waals surface area contributed by atoms with Crippen LogP contribution in [0.4, 0.5) is 0 Å². The van der Waals surface area contributed by atoms with E-state index in [1.165, 1.54) is 66.8 Å². The molecular weight excluding hydrogens is 1110 g/mol. The van der Waals surface area contributed by atoms with E-state index in [4.69, 9.17) is 0 Å². The Balaban J connectivity index is 4.42. The van der Waals surface area contributed by atoms with E-state index in [1.54, 1.807) is 48.5 Å². The molecule has 0 radical (unpaired) electrons. The highest BCUT2D eigenvalue weighted by atomic mass is 16.5. The number of carbonyl (C=O) groups is 11. The van der Waals surface area contributed by atoms with Crippen LogP contribution in [0.15, 0.2) is 23.8 Å². The molecule has 1 saturated heterocycles. The molecule has 0 aromatic carbocycles. The third kappa shape index (κ3) is 22.1. The van der Waals surface area contributed by atoms with Gasteiger partial charge in [-0.3, -0.25) is 52.7 Å². The van der Waals surface area contributed by atoms with Crippen LogP contribution in [0.25, 0.3) is 0 Å². The van der Waals surface area contributed by atoms with Crippen LogP contribution in [0.1, 0.15) is 182 Å². The maximum Gasteiger partial charge on any atom is 0.305 e. The van der Waals surface area contributed by atoms with Gasteiger partial charge in [-0.1, -0.05) is 123 Å². The second kappa shape index (κ2) is 35.7. The summed E-state index contributed by atoms with van der Waals surface area (Å²) in [5.74, 6) is -13.0. The molecule has 3 N–H and O–H groups in total. The van der Waals surface area contributed by atoms with Crippen molar-refractivity contribution in [2.24, 2.45) is 59.2 Å². The van der Waals surface area contributed by atoms with Crippen molar-refractivity contribution in [3.8, 4) is 0 Å². The normalized spacial score (nSPS) is 26.4. The summed E-state index contributed by atoms with van der Waals surface area (Å²) in [6.07, 6.45) is 4.09. The van der Waals surface area contributed by atoms with Gasteiger partial charge in [0.1, 0.15) is 36.0 Å². The van der Waals surface area contributed by atoms with Crippen molar-refractivity contribution >= 4 is 64.6 Å². The molecule has 0 saturated carbocycles. The maximum absolute atomic E-state index is 15.2. The van der Waals surface area contributed by atoms with Crippen molar-refractivity contribution in [2.45, 2.75) is 224 Å². The number of carbonyl (C=O) groups excluding carboxylic acids is 11. The Morgan fingerprint density at radius 3 is 1.33 bits per heavy atom. The summed E-state index contributed by atoms with van der Waals surface area (Å²) in [5, 5.41) is 24.4. The molecule has 1 aliphatic heterocycles. The molecular formula is C66H114N8O13. The van der Waals surface area contributed by atoms with Gasteiger partial charge in [0.15, 0.2) is 17.3 Å².